The summed E-state index contributed by atoms with van der Waals surface area (Å²) in [6.45, 7) is 0.636. The summed E-state index contributed by atoms with van der Waals surface area (Å²) in [6, 6.07) is 9.12. The van der Waals surface area contributed by atoms with Gasteiger partial charge in [-0.1, -0.05) is 0 Å². The molecule has 4 nitrogen and oxygen atoms in total. The first-order valence-electron chi connectivity index (χ1n) is 6.04. The summed E-state index contributed by atoms with van der Waals surface area (Å²) in [5.41, 5.74) is 0.630. The molecule has 102 valence electrons. The molecule has 0 bridgehead atoms. The number of nitrogens with zero attached hydrogens (tertiary/aromatic N) is 1. The van der Waals surface area contributed by atoms with Gasteiger partial charge in [0.25, 0.3) is 0 Å². The maximum Gasteiger partial charge on any atom is 0.306 e. The highest BCUT2D eigenvalue weighted by Crippen LogP contribution is 2.12. The second-order valence-corrected chi connectivity index (χ2v) is 5.00. The topological polar surface area (TPSA) is 59.3 Å². The number of methoxy groups -OCH3 is 1. The van der Waals surface area contributed by atoms with Crippen molar-refractivity contribution in [3.05, 3.63) is 29.8 Å². The molecule has 0 saturated heterocycles. The Balaban J connectivity index is 2.04. The smallest absolute Gasteiger partial charge is 0.306 e. The van der Waals surface area contributed by atoms with Crippen LogP contribution in [0.1, 0.15) is 18.4 Å². The molecule has 0 aliphatic rings. The minimum Gasteiger partial charge on any atom is -0.494 e. The molecule has 1 rings (SSSR count). The zero-order valence-corrected chi connectivity index (χ0v) is 11.7. The van der Waals surface area contributed by atoms with E-state index in [4.69, 9.17) is 10.00 Å². The minimum absolute atomic E-state index is 0.165. The average molecular weight is 279 g/mol. The molecule has 5 heteroatoms. The summed E-state index contributed by atoms with van der Waals surface area (Å²) >= 11 is 1.71. The zero-order valence-electron chi connectivity index (χ0n) is 10.9. The third kappa shape index (κ3) is 6.73. The van der Waals surface area contributed by atoms with Crippen LogP contribution in [0.3, 0.4) is 0 Å². The normalized spacial score (nSPS) is 9.68. The first-order chi connectivity index (χ1) is 9.26. The summed E-state index contributed by atoms with van der Waals surface area (Å²) < 4.78 is 10.1. The quantitative estimate of drug-likeness (QED) is 0.541. The molecule has 0 aliphatic heterocycles. The summed E-state index contributed by atoms with van der Waals surface area (Å²) in [5, 5.41) is 8.66. The van der Waals surface area contributed by atoms with Gasteiger partial charge < -0.3 is 9.47 Å². The minimum atomic E-state index is -0.165. The Morgan fingerprint density at radius 1 is 1.32 bits per heavy atom. The Morgan fingerprint density at radius 3 is 2.68 bits per heavy atom. The predicted molar refractivity (Wildman–Crippen MR) is 75.2 cm³/mol. The Bertz CT molecular complexity index is 425. The predicted octanol–water partition coefficient (Wildman–Crippen LogP) is 2.62. The summed E-state index contributed by atoms with van der Waals surface area (Å²) in [4.78, 5) is 10.9. The highest BCUT2D eigenvalue weighted by Gasteiger charge is 1.99. The van der Waals surface area contributed by atoms with Crippen LogP contribution in [0.15, 0.2) is 24.3 Å². The Morgan fingerprint density at radius 2 is 2.05 bits per heavy atom. The van der Waals surface area contributed by atoms with Crippen LogP contribution in [-0.2, 0) is 9.53 Å². The van der Waals surface area contributed by atoms with E-state index in [1.54, 1.807) is 36.0 Å². The number of carbonyl (C=O) groups excluding carboxylic acids is 1. The maximum absolute atomic E-state index is 10.9. The molecule has 0 amide bonds. The number of thioether (sulfide) groups is 1. The van der Waals surface area contributed by atoms with Crippen molar-refractivity contribution in [1.29, 1.82) is 5.26 Å². The lowest BCUT2D eigenvalue weighted by Gasteiger charge is -2.05. The van der Waals surface area contributed by atoms with Crippen LogP contribution < -0.4 is 4.74 Å². The Hall–Kier alpha value is -1.67. The van der Waals surface area contributed by atoms with Crippen LogP contribution in [0, 0.1) is 11.3 Å². The van der Waals surface area contributed by atoms with Gasteiger partial charge in [-0.3, -0.25) is 4.79 Å². The molecule has 0 saturated carbocycles. The van der Waals surface area contributed by atoms with Gasteiger partial charge in [-0.05, 0) is 36.4 Å². The maximum atomic E-state index is 10.9. The molecular formula is C14H17NO3S. The van der Waals surface area contributed by atoms with Gasteiger partial charge in [0, 0.05) is 5.75 Å². The molecule has 0 radical (unpaired) electrons. The largest absolute Gasteiger partial charge is 0.494 e. The van der Waals surface area contributed by atoms with Crippen LogP contribution in [0.4, 0.5) is 0 Å². The lowest BCUT2D eigenvalue weighted by molar-refractivity contribution is -0.140. The highest BCUT2D eigenvalue weighted by molar-refractivity contribution is 7.99. The average Bonchev–Trinajstić information content (AvgIpc) is 2.46. The monoisotopic (exact) mass is 279 g/mol. The van der Waals surface area contributed by atoms with Crippen molar-refractivity contribution in [2.75, 3.05) is 25.2 Å². The van der Waals surface area contributed by atoms with Crippen molar-refractivity contribution < 1.29 is 14.3 Å². The number of nitriles is 1. The van der Waals surface area contributed by atoms with Crippen molar-refractivity contribution >= 4 is 17.7 Å². The number of esters is 1. The second kappa shape index (κ2) is 9.29. The van der Waals surface area contributed by atoms with Crippen molar-refractivity contribution in [2.45, 2.75) is 12.8 Å². The van der Waals surface area contributed by atoms with Gasteiger partial charge in [0.1, 0.15) is 5.75 Å². The van der Waals surface area contributed by atoms with Crippen LogP contribution in [-0.4, -0.2) is 31.2 Å². The van der Waals surface area contributed by atoms with Gasteiger partial charge >= 0.3 is 5.97 Å². The molecule has 0 spiro atoms. The molecule has 19 heavy (non-hydrogen) atoms. The van der Waals surface area contributed by atoms with Gasteiger partial charge in [0.05, 0.1) is 31.8 Å². The Labute approximate surface area is 117 Å². The fourth-order valence-corrected chi connectivity index (χ4v) is 2.17. The lowest BCUT2D eigenvalue weighted by Crippen LogP contribution is -2.02. The van der Waals surface area contributed by atoms with Crippen LogP contribution in [0.5, 0.6) is 5.75 Å². The van der Waals surface area contributed by atoms with E-state index >= 15 is 0 Å². The van der Waals surface area contributed by atoms with E-state index in [9.17, 15) is 4.79 Å². The summed E-state index contributed by atoms with van der Waals surface area (Å²) in [7, 11) is 1.40. The third-order valence-electron chi connectivity index (χ3n) is 2.36. The standard InChI is InChI=1S/C14H17NO3S/c1-17-14(16)7-10-19-9-2-8-18-13-5-3-12(11-15)4-6-13/h3-6H,2,7-10H2,1H3. The molecular weight excluding hydrogens is 262 g/mol. The molecule has 0 aliphatic carbocycles. The van der Waals surface area contributed by atoms with Crippen LogP contribution in [0.2, 0.25) is 0 Å². The number of ether oxygens (including phenoxy) is 2. The van der Waals surface area contributed by atoms with Gasteiger partial charge in [-0.15, -0.1) is 0 Å². The van der Waals surface area contributed by atoms with Crippen molar-refractivity contribution in [3.63, 3.8) is 0 Å². The first-order valence-corrected chi connectivity index (χ1v) is 7.19. The fraction of sp³-hybridized carbons (Fsp3) is 0.429. The van der Waals surface area contributed by atoms with Gasteiger partial charge in [0.15, 0.2) is 0 Å². The molecule has 0 fully saturated rings. The van der Waals surface area contributed by atoms with Crippen LogP contribution >= 0.6 is 11.8 Å². The van der Waals surface area contributed by atoms with E-state index in [1.165, 1.54) is 7.11 Å². The molecule has 0 unspecified atom stereocenters. The third-order valence-corrected chi connectivity index (χ3v) is 3.43. The molecule has 0 aromatic heterocycles. The highest BCUT2D eigenvalue weighted by atomic mass is 32.2. The molecule has 1 aromatic rings. The Kier molecular flexibility index (Phi) is 7.52. The van der Waals surface area contributed by atoms with E-state index < -0.39 is 0 Å². The van der Waals surface area contributed by atoms with Crippen molar-refractivity contribution in [1.82, 2.24) is 0 Å². The first kappa shape index (κ1) is 15.4. The molecule has 0 atom stereocenters. The molecule has 0 heterocycles. The summed E-state index contributed by atoms with van der Waals surface area (Å²) in [6.07, 6.45) is 1.38. The van der Waals surface area contributed by atoms with Crippen molar-refractivity contribution in [2.24, 2.45) is 0 Å². The molecule has 1 aromatic carbocycles. The van der Waals surface area contributed by atoms with Gasteiger partial charge in [0.2, 0.25) is 0 Å². The van der Waals surface area contributed by atoms with E-state index in [2.05, 4.69) is 10.8 Å². The summed E-state index contributed by atoms with van der Waals surface area (Å²) in [5.74, 6) is 2.34. The number of benzene rings is 1. The van der Waals surface area contributed by atoms with E-state index in [0.29, 0.717) is 18.6 Å². The number of hydrogen-bond donors (Lipinski definition) is 0. The van der Waals surface area contributed by atoms with Crippen molar-refractivity contribution in [3.8, 4) is 11.8 Å². The molecule has 0 N–H and O–H groups in total. The number of carbonyl (C=O) groups is 1. The second-order valence-electron chi connectivity index (χ2n) is 3.78. The van der Waals surface area contributed by atoms with E-state index in [1.807, 2.05) is 0 Å². The number of rotatable bonds is 8. The zero-order chi connectivity index (χ0) is 13.9. The van der Waals surface area contributed by atoms with Crippen LogP contribution in [0.25, 0.3) is 0 Å². The van der Waals surface area contributed by atoms with Gasteiger partial charge in [-0.2, -0.15) is 17.0 Å². The van der Waals surface area contributed by atoms with E-state index in [0.717, 1.165) is 23.7 Å². The number of hydrogen-bond acceptors (Lipinski definition) is 5. The fourth-order valence-electron chi connectivity index (χ4n) is 1.34. The van der Waals surface area contributed by atoms with E-state index in [-0.39, 0.29) is 5.97 Å². The van der Waals surface area contributed by atoms with Gasteiger partial charge in [-0.25, -0.2) is 0 Å². The lowest BCUT2D eigenvalue weighted by atomic mass is 10.2. The SMILES string of the molecule is COC(=O)CCSCCCOc1ccc(C#N)cc1.